The summed E-state index contributed by atoms with van der Waals surface area (Å²) in [7, 11) is 0. The summed E-state index contributed by atoms with van der Waals surface area (Å²) in [6.45, 7) is 1.91. The number of anilines is 1. The van der Waals surface area contributed by atoms with Crippen LogP contribution < -0.4 is 10.5 Å². The van der Waals surface area contributed by atoms with Crippen molar-refractivity contribution >= 4 is 28.3 Å². The van der Waals surface area contributed by atoms with E-state index in [0.29, 0.717) is 11.8 Å². The van der Waals surface area contributed by atoms with Crippen LogP contribution in [0.2, 0.25) is 0 Å². The van der Waals surface area contributed by atoms with Crippen LogP contribution in [0.4, 0.5) is 11.4 Å². The first-order valence-electron chi connectivity index (χ1n) is 8.09. The van der Waals surface area contributed by atoms with Crippen molar-refractivity contribution in [2.24, 2.45) is 0 Å². The Morgan fingerprint density at radius 1 is 1.23 bits per heavy atom. The predicted octanol–water partition coefficient (Wildman–Crippen LogP) is 3.29. The Morgan fingerprint density at radius 3 is 2.77 bits per heavy atom. The number of nitro benzene ring substituents is 1. The minimum Gasteiger partial charge on any atom is -0.422 e. The molecule has 0 N–H and O–H groups in total. The zero-order chi connectivity index (χ0) is 18.4. The van der Waals surface area contributed by atoms with E-state index in [1.54, 1.807) is 4.90 Å². The standard InChI is InChI=1S/C19H14N2O5/c1-11-8-12-4-2-3-5-16(12)20(11)18(22)15-10-13-9-14(21(24)25)6-7-17(13)26-19(15)23/h2-7,9-11H,8H2,1H3/t11-/m0/s1. The van der Waals surface area contributed by atoms with Crippen molar-refractivity contribution in [3.8, 4) is 0 Å². The molecule has 1 aromatic heterocycles. The first-order chi connectivity index (χ1) is 12.5. The van der Waals surface area contributed by atoms with Crippen LogP contribution in [0.5, 0.6) is 0 Å². The molecule has 0 spiro atoms. The van der Waals surface area contributed by atoms with Crippen LogP contribution in [-0.4, -0.2) is 16.9 Å². The third kappa shape index (κ3) is 2.45. The number of non-ortho nitro benzene ring substituents is 1. The summed E-state index contributed by atoms with van der Waals surface area (Å²) in [4.78, 5) is 37.4. The fourth-order valence-corrected chi connectivity index (χ4v) is 3.38. The number of benzene rings is 2. The van der Waals surface area contributed by atoms with Crippen LogP contribution in [0.25, 0.3) is 11.0 Å². The SMILES string of the molecule is C[C@H]1Cc2ccccc2N1C(=O)c1cc2cc([N+](=O)[O-])ccc2oc1=O. The molecule has 1 aliphatic rings. The number of hydrogen-bond donors (Lipinski definition) is 0. The highest BCUT2D eigenvalue weighted by Crippen LogP contribution is 2.33. The maximum atomic E-state index is 13.0. The van der Waals surface area contributed by atoms with Crippen LogP contribution >= 0.6 is 0 Å². The van der Waals surface area contributed by atoms with Gasteiger partial charge in [-0.25, -0.2) is 4.79 Å². The molecule has 26 heavy (non-hydrogen) atoms. The number of amides is 1. The van der Waals surface area contributed by atoms with Gasteiger partial charge in [-0.2, -0.15) is 0 Å². The lowest BCUT2D eigenvalue weighted by molar-refractivity contribution is -0.384. The Labute approximate surface area is 147 Å². The molecule has 0 saturated heterocycles. The Morgan fingerprint density at radius 2 is 2.00 bits per heavy atom. The van der Waals surface area contributed by atoms with E-state index in [2.05, 4.69) is 0 Å². The second-order valence-corrected chi connectivity index (χ2v) is 6.28. The largest absolute Gasteiger partial charge is 0.422 e. The highest BCUT2D eigenvalue weighted by Gasteiger charge is 2.33. The number of rotatable bonds is 2. The number of hydrogen-bond acceptors (Lipinski definition) is 5. The molecule has 7 heteroatoms. The highest BCUT2D eigenvalue weighted by molar-refractivity contribution is 6.08. The van der Waals surface area contributed by atoms with E-state index in [9.17, 15) is 19.7 Å². The van der Waals surface area contributed by atoms with E-state index >= 15 is 0 Å². The summed E-state index contributed by atoms with van der Waals surface area (Å²) in [6, 6.07) is 12.7. The lowest BCUT2D eigenvalue weighted by Gasteiger charge is -2.22. The van der Waals surface area contributed by atoms with E-state index < -0.39 is 16.5 Å². The molecule has 0 aliphatic carbocycles. The van der Waals surface area contributed by atoms with Gasteiger partial charge >= 0.3 is 5.63 Å². The number of nitrogens with zero attached hydrogens (tertiary/aromatic N) is 2. The van der Waals surface area contributed by atoms with Gasteiger partial charge in [0, 0.05) is 29.2 Å². The molecule has 130 valence electrons. The lowest BCUT2D eigenvalue weighted by atomic mass is 10.1. The molecule has 1 atom stereocenters. The number of nitro groups is 1. The molecule has 3 aromatic rings. The molecular formula is C19H14N2O5. The molecular weight excluding hydrogens is 336 g/mol. The Kier molecular flexibility index (Phi) is 3.57. The van der Waals surface area contributed by atoms with Gasteiger partial charge in [0.05, 0.1) is 4.92 Å². The van der Waals surface area contributed by atoms with Crippen molar-refractivity contribution < 1.29 is 14.1 Å². The molecule has 1 amide bonds. The van der Waals surface area contributed by atoms with E-state index in [-0.39, 0.29) is 22.9 Å². The Bertz CT molecular complexity index is 1120. The van der Waals surface area contributed by atoms with Crippen molar-refractivity contribution in [2.75, 3.05) is 4.90 Å². The Balaban J connectivity index is 1.83. The zero-order valence-electron chi connectivity index (χ0n) is 13.8. The normalized spacial score (nSPS) is 15.9. The van der Waals surface area contributed by atoms with E-state index in [4.69, 9.17) is 4.42 Å². The second-order valence-electron chi connectivity index (χ2n) is 6.28. The quantitative estimate of drug-likeness (QED) is 0.402. The fraction of sp³-hybridized carbons (Fsp3) is 0.158. The second kappa shape index (κ2) is 5.80. The van der Waals surface area contributed by atoms with E-state index in [1.165, 1.54) is 24.3 Å². The molecule has 2 aromatic carbocycles. The molecule has 0 saturated carbocycles. The highest BCUT2D eigenvalue weighted by atomic mass is 16.6. The minimum absolute atomic E-state index is 0.0971. The number of para-hydroxylation sites is 1. The van der Waals surface area contributed by atoms with Gasteiger partial charge in [-0.3, -0.25) is 14.9 Å². The van der Waals surface area contributed by atoms with Crippen molar-refractivity contribution in [3.05, 3.63) is 80.2 Å². The monoisotopic (exact) mass is 350 g/mol. The van der Waals surface area contributed by atoms with Crippen molar-refractivity contribution in [1.82, 2.24) is 0 Å². The van der Waals surface area contributed by atoms with Gasteiger partial charge in [-0.15, -0.1) is 0 Å². The average molecular weight is 350 g/mol. The molecule has 4 rings (SSSR count). The topological polar surface area (TPSA) is 93.7 Å². The summed E-state index contributed by atoms with van der Waals surface area (Å²) in [5.41, 5.74) is 0.976. The smallest absolute Gasteiger partial charge is 0.349 e. The van der Waals surface area contributed by atoms with Gasteiger partial charge in [0.2, 0.25) is 0 Å². The molecule has 7 nitrogen and oxygen atoms in total. The van der Waals surface area contributed by atoms with Crippen LogP contribution in [0.1, 0.15) is 22.8 Å². The van der Waals surface area contributed by atoms with Crippen LogP contribution in [-0.2, 0) is 6.42 Å². The number of carbonyl (C=O) groups is 1. The van der Waals surface area contributed by atoms with Crippen LogP contribution in [0, 0.1) is 10.1 Å². The van der Waals surface area contributed by atoms with Gasteiger partial charge in [0.25, 0.3) is 11.6 Å². The molecule has 0 bridgehead atoms. The fourth-order valence-electron chi connectivity index (χ4n) is 3.38. The maximum absolute atomic E-state index is 13.0. The van der Waals surface area contributed by atoms with Gasteiger partial charge in [-0.1, -0.05) is 18.2 Å². The van der Waals surface area contributed by atoms with E-state index in [0.717, 1.165) is 11.3 Å². The van der Waals surface area contributed by atoms with Crippen LogP contribution in [0.15, 0.2) is 57.7 Å². The van der Waals surface area contributed by atoms with Crippen molar-refractivity contribution in [2.45, 2.75) is 19.4 Å². The molecule has 0 unspecified atom stereocenters. The lowest BCUT2D eigenvalue weighted by Crippen LogP contribution is -2.38. The third-order valence-corrected chi connectivity index (χ3v) is 4.58. The summed E-state index contributed by atoms with van der Waals surface area (Å²) in [5.74, 6) is -0.468. The number of fused-ring (bicyclic) bond motifs is 2. The Hall–Kier alpha value is -3.48. The molecule has 0 radical (unpaired) electrons. The first-order valence-corrected chi connectivity index (χ1v) is 8.09. The molecule has 2 heterocycles. The third-order valence-electron chi connectivity index (χ3n) is 4.58. The van der Waals surface area contributed by atoms with Crippen LogP contribution in [0.3, 0.4) is 0 Å². The first kappa shape index (κ1) is 16.0. The maximum Gasteiger partial charge on any atom is 0.349 e. The van der Waals surface area contributed by atoms with Gasteiger partial charge in [0.15, 0.2) is 0 Å². The van der Waals surface area contributed by atoms with Gasteiger partial charge in [-0.05, 0) is 37.1 Å². The van der Waals surface area contributed by atoms with Gasteiger partial charge in [0.1, 0.15) is 11.1 Å². The zero-order valence-corrected chi connectivity index (χ0v) is 13.8. The summed E-state index contributed by atoms with van der Waals surface area (Å²) >= 11 is 0. The molecule has 0 fully saturated rings. The minimum atomic E-state index is -0.757. The predicted molar refractivity (Wildman–Crippen MR) is 95.6 cm³/mol. The van der Waals surface area contributed by atoms with E-state index in [1.807, 2.05) is 31.2 Å². The van der Waals surface area contributed by atoms with Gasteiger partial charge < -0.3 is 9.32 Å². The molecule has 1 aliphatic heterocycles. The summed E-state index contributed by atoms with van der Waals surface area (Å²) in [5, 5.41) is 11.3. The van der Waals surface area contributed by atoms with Crippen molar-refractivity contribution in [3.63, 3.8) is 0 Å². The van der Waals surface area contributed by atoms with Crippen molar-refractivity contribution in [1.29, 1.82) is 0 Å². The summed E-state index contributed by atoms with van der Waals surface area (Å²) in [6.07, 6.45) is 0.701. The average Bonchev–Trinajstić information content (AvgIpc) is 2.95. The summed E-state index contributed by atoms with van der Waals surface area (Å²) < 4.78 is 5.21. The number of carbonyl (C=O) groups excluding carboxylic acids is 1.